The van der Waals surface area contributed by atoms with Crippen molar-refractivity contribution in [1.82, 2.24) is 9.80 Å². The molecule has 4 nitrogen and oxygen atoms in total. The molecule has 1 aliphatic carbocycles. The van der Waals surface area contributed by atoms with E-state index in [-0.39, 0.29) is 30.4 Å². The van der Waals surface area contributed by atoms with Gasteiger partial charge < -0.3 is 9.80 Å². The second-order valence-corrected chi connectivity index (χ2v) is 10.0. The molecule has 1 atom stereocenters. The number of amides is 2. The van der Waals surface area contributed by atoms with Gasteiger partial charge in [-0.1, -0.05) is 46.3 Å². The molecule has 158 valence electrons. The third-order valence-electron chi connectivity index (χ3n) is 6.05. The van der Waals surface area contributed by atoms with Crippen LogP contribution in [-0.4, -0.2) is 40.7 Å². The van der Waals surface area contributed by atoms with E-state index in [9.17, 15) is 9.59 Å². The highest BCUT2D eigenvalue weighted by Gasteiger charge is 2.38. The van der Waals surface area contributed by atoms with Crippen molar-refractivity contribution in [1.29, 1.82) is 0 Å². The van der Waals surface area contributed by atoms with Crippen LogP contribution in [0.25, 0.3) is 0 Å². The lowest BCUT2D eigenvalue weighted by Crippen LogP contribution is -2.47. The number of benzene rings is 2. The van der Waals surface area contributed by atoms with Gasteiger partial charge in [-0.2, -0.15) is 0 Å². The standard InChI is InChI=1S/C25H23BrN2O2S/c26-19-8-6-18(7-9-19)25(30)28(20-10-11-20)16-23(29)27-14-12-22-21(13-15-31-22)24(27)17-4-2-1-3-5-17/h1-9,13,15,20,24H,10-12,14,16H2. The third kappa shape index (κ3) is 4.19. The fourth-order valence-corrected chi connectivity index (χ4v) is 5.50. The first kappa shape index (κ1) is 20.5. The van der Waals surface area contributed by atoms with Crippen molar-refractivity contribution in [3.8, 4) is 0 Å². The molecule has 1 aliphatic heterocycles. The average molecular weight is 495 g/mol. The van der Waals surface area contributed by atoms with Gasteiger partial charge in [0.15, 0.2) is 0 Å². The van der Waals surface area contributed by atoms with Gasteiger partial charge in [0, 0.05) is 27.5 Å². The zero-order valence-corrected chi connectivity index (χ0v) is 19.4. The molecule has 3 aromatic rings. The van der Waals surface area contributed by atoms with Gasteiger partial charge in [-0.15, -0.1) is 11.3 Å². The highest BCUT2D eigenvalue weighted by atomic mass is 79.9. The lowest BCUT2D eigenvalue weighted by molar-refractivity contribution is -0.134. The highest BCUT2D eigenvalue weighted by Crippen LogP contribution is 2.38. The predicted octanol–water partition coefficient (Wildman–Crippen LogP) is 5.29. The summed E-state index contributed by atoms with van der Waals surface area (Å²) in [6, 6.07) is 19.8. The number of halogens is 1. The summed E-state index contributed by atoms with van der Waals surface area (Å²) in [5, 5.41) is 2.11. The van der Waals surface area contributed by atoms with E-state index in [2.05, 4.69) is 39.5 Å². The molecule has 2 aliphatic rings. The van der Waals surface area contributed by atoms with Crippen LogP contribution in [0.1, 0.15) is 45.2 Å². The van der Waals surface area contributed by atoms with E-state index in [4.69, 9.17) is 0 Å². The van der Waals surface area contributed by atoms with Gasteiger partial charge in [-0.25, -0.2) is 0 Å². The molecular weight excluding hydrogens is 472 g/mol. The monoisotopic (exact) mass is 494 g/mol. The normalized spacial score (nSPS) is 17.8. The molecule has 0 N–H and O–H groups in total. The smallest absolute Gasteiger partial charge is 0.254 e. The highest BCUT2D eigenvalue weighted by molar-refractivity contribution is 9.10. The van der Waals surface area contributed by atoms with E-state index in [0.717, 1.165) is 29.3 Å². The van der Waals surface area contributed by atoms with E-state index in [1.807, 2.05) is 47.4 Å². The number of carbonyl (C=O) groups is 2. The Labute approximate surface area is 194 Å². The minimum atomic E-state index is -0.0902. The van der Waals surface area contributed by atoms with Crippen LogP contribution in [-0.2, 0) is 11.2 Å². The van der Waals surface area contributed by atoms with Gasteiger partial charge in [0.1, 0.15) is 6.54 Å². The maximum absolute atomic E-state index is 13.6. The molecule has 2 amide bonds. The number of thiophene rings is 1. The van der Waals surface area contributed by atoms with Crippen LogP contribution in [0.4, 0.5) is 0 Å². The van der Waals surface area contributed by atoms with Crippen molar-refractivity contribution in [3.05, 3.63) is 92.1 Å². The first-order valence-corrected chi connectivity index (χ1v) is 12.3. The van der Waals surface area contributed by atoms with Gasteiger partial charge in [-0.3, -0.25) is 9.59 Å². The molecule has 2 heterocycles. The Bertz CT molecular complexity index is 1090. The van der Waals surface area contributed by atoms with Crippen LogP contribution in [0.15, 0.2) is 70.5 Å². The summed E-state index contributed by atoms with van der Waals surface area (Å²) in [5.41, 5.74) is 2.96. The predicted molar refractivity (Wildman–Crippen MR) is 126 cm³/mol. The number of hydrogen-bond donors (Lipinski definition) is 0. The van der Waals surface area contributed by atoms with E-state index in [1.54, 1.807) is 16.2 Å². The Hall–Kier alpha value is -2.44. The molecular formula is C25H23BrN2O2S. The molecule has 0 radical (unpaired) electrons. The van der Waals surface area contributed by atoms with Crippen molar-refractivity contribution in [2.75, 3.05) is 13.1 Å². The molecule has 5 rings (SSSR count). The van der Waals surface area contributed by atoms with Gasteiger partial charge in [0.25, 0.3) is 5.91 Å². The first-order chi connectivity index (χ1) is 15.1. The Kier molecular flexibility index (Phi) is 5.67. The first-order valence-electron chi connectivity index (χ1n) is 10.6. The quantitative estimate of drug-likeness (QED) is 0.483. The maximum atomic E-state index is 13.6. The van der Waals surface area contributed by atoms with E-state index in [0.29, 0.717) is 12.1 Å². The summed E-state index contributed by atoms with van der Waals surface area (Å²) in [6.07, 6.45) is 2.80. The van der Waals surface area contributed by atoms with Crippen LogP contribution in [0.2, 0.25) is 0 Å². The molecule has 31 heavy (non-hydrogen) atoms. The second-order valence-electron chi connectivity index (χ2n) is 8.12. The van der Waals surface area contributed by atoms with Crippen molar-refractivity contribution < 1.29 is 9.59 Å². The largest absolute Gasteiger partial charge is 0.330 e. The van der Waals surface area contributed by atoms with Crippen LogP contribution < -0.4 is 0 Å². The van der Waals surface area contributed by atoms with Crippen LogP contribution in [0, 0.1) is 0 Å². The number of rotatable bonds is 5. The molecule has 2 aromatic carbocycles. The van der Waals surface area contributed by atoms with E-state index >= 15 is 0 Å². The Morgan fingerprint density at radius 1 is 1.03 bits per heavy atom. The van der Waals surface area contributed by atoms with Gasteiger partial charge in [0.2, 0.25) is 5.91 Å². The fraction of sp³-hybridized carbons (Fsp3) is 0.280. The zero-order chi connectivity index (χ0) is 21.4. The lowest BCUT2D eigenvalue weighted by Gasteiger charge is -2.37. The number of nitrogens with zero attached hydrogens (tertiary/aromatic N) is 2. The summed E-state index contributed by atoms with van der Waals surface area (Å²) < 4.78 is 0.934. The number of carbonyl (C=O) groups excluding carboxylic acids is 2. The zero-order valence-electron chi connectivity index (χ0n) is 17.0. The second kappa shape index (κ2) is 8.60. The minimum absolute atomic E-state index is 0.0167. The summed E-state index contributed by atoms with van der Waals surface area (Å²) in [5.74, 6) is -0.0455. The van der Waals surface area contributed by atoms with Gasteiger partial charge in [0.05, 0.1) is 6.04 Å². The molecule has 6 heteroatoms. The summed E-state index contributed by atoms with van der Waals surface area (Å²) in [6.45, 7) is 0.805. The maximum Gasteiger partial charge on any atom is 0.254 e. The molecule has 0 bridgehead atoms. The minimum Gasteiger partial charge on any atom is -0.330 e. The van der Waals surface area contributed by atoms with Crippen molar-refractivity contribution >= 4 is 39.1 Å². The molecule has 0 saturated heterocycles. The summed E-state index contributed by atoms with van der Waals surface area (Å²) in [4.78, 5) is 31.9. The van der Waals surface area contributed by atoms with Crippen molar-refractivity contribution in [2.45, 2.75) is 31.3 Å². The topological polar surface area (TPSA) is 40.6 Å². The lowest BCUT2D eigenvalue weighted by atomic mass is 9.93. The average Bonchev–Trinajstić information content (AvgIpc) is 3.53. The van der Waals surface area contributed by atoms with Crippen LogP contribution >= 0.6 is 27.3 Å². The number of hydrogen-bond acceptors (Lipinski definition) is 3. The van der Waals surface area contributed by atoms with Crippen molar-refractivity contribution in [3.63, 3.8) is 0 Å². The fourth-order valence-electron chi connectivity index (χ4n) is 4.33. The van der Waals surface area contributed by atoms with Crippen LogP contribution in [0.3, 0.4) is 0 Å². The van der Waals surface area contributed by atoms with E-state index in [1.165, 1.54) is 10.4 Å². The summed E-state index contributed by atoms with van der Waals surface area (Å²) in [7, 11) is 0. The molecule has 1 fully saturated rings. The molecule has 1 unspecified atom stereocenters. The van der Waals surface area contributed by atoms with Gasteiger partial charge >= 0.3 is 0 Å². The van der Waals surface area contributed by atoms with E-state index < -0.39 is 0 Å². The number of fused-ring (bicyclic) bond motifs is 1. The summed E-state index contributed by atoms with van der Waals surface area (Å²) >= 11 is 5.18. The molecule has 1 saturated carbocycles. The Balaban J connectivity index is 1.41. The molecule has 1 aromatic heterocycles. The van der Waals surface area contributed by atoms with Gasteiger partial charge in [-0.05, 0) is 66.1 Å². The Morgan fingerprint density at radius 3 is 2.48 bits per heavy atom. The van der Waals surface area contributed by atoms with Crippen LogP contribution in [0.5, 0.6) is 0 Å². The SMILES string of the molecule is O=C(c1ccc(Br)cc1)N(CC(=O)N1CCc2sccc2C1c1ccccc1)C1CC1. The van der Waals surface area contributed by atoms with Crippen molar-refractivity contribution in [2.24, 2.45) is 0 Å². The third-order valence-corrected chi connectivity index (χ3v) is 7.57. The Morgan fingerprint density at radius 2 is 1.77 bits per heavy atom. The molecule has 0 spiro atoms.